The van der Waals surface area contributed by atoms with E-state index >= 15 is 0 Å². The van der Waals surface area contributed by atoms with Crippen molar-refractivity contribution in [2.45, 2.75) is 63.8 Å². The van der Waals surface area contributed by atoms with Crippen LogP contribution in [0.25, 0.3) is 10.9 Å². The average Bonchev–Trinajstić information content (AvgIpc) is 3.34. The number of carbonyl (C=O) groups excluding carboxylic acids is 1. The number of benzene rings is 1. The monoisotopic (exact) mass is 364 g/mol. The van der Waals surface area contributed by atoms with Crippen LogP contribution >= 0.6 is 0 Å². The number of nitrogens with one attached hydrogen (secondary N) is 2. The third kappa shape index (κ3) is 3.77. The van der Waals surface area contributed by atoms with Crippen LogP contribution in [0, 0.1) is 0 Å². The molecule has 1 atom stereocenters. The van der Waals surface area contributed by atoms with Gasteiger partial charge in [0, 0.05) is 29.6 Å². The maximum Gasteiger partial charge on any atom is 0.226 e. The van der Waals surface area contributed by atoms with Gasteiger partial charge in [-0.1, -0.05) is 44.4 Å². The summed E-state index contributed by atoms with van der Waals surface area (Å²) in [6.45, 7) is 2.14. The summed E-state index contributed by atoms with van der Waals surface area (Å²) >= 11 is 0. The van der Waals surface area contributed by atoms with Gasteiger partial charge in [-0.25, -0.2) is 4.68 Å². The third-order valence-electron chi connectivity index (χ3n) is 5.84. The number of aromatic nitrogens is 3. The van der Waals surface area contributed by atoms with Crippen molar-refractivity contribution in [3.8, 4) is 0 Å². The first-order valence-corrected chi connectivity index (χ1v) is 10.2. The van der Waals surface area contributed by atoms with Gasteiger partial charge in [0.15, 0.2) is 0 Å². The molecule has 2 heterocycles. The molecule has 0 radical (unpaired) electrons. The van der Waals surface area contributed by atoms with E-state index in [1.807, 2.05) is 16.8 Å². The highest BCUT2D eigenvalue weighted by Gasteiger charge is 2.21. The summed E-state index contributed by atoms with van der Waals surface area (Å²) < 4.78 is 2.02. The number of hydrogen-bond acceptors (Lipinski definition) is 2. The number of rotatable bonds is 6. The smallest absolute Gasteiger partial charge is 0.226 e. The molecule has 1 saturated carbocycles. The lowest BCUT2D eigenvalue weighted by Gasteiger charge is -2.24. The Morgan fingerprint density at radius 2 is 2.07 bits per heavy atom. The van der Waals surface area contributed by atoms with Crippen LogP contribution in [-0.2, 0) is 4.79 Å². The Morgan fingerprint density at radius 1 is 1.26 bits per heavy atom. The lowest BCUT2D eigenvalue weighted by atomic mass is 9.92. The molecule has 1 unspecified atom stereocenters. The number of carbonyl (C=O) groups is 1. The van der Waals surface area contributed by atoms with Gasteiger partial charge in [0.25, 0.3) is 0 Å². The number of H-pyrrole nitrogens is 1. The van der Waals surface area contributed by atoms with E-state index in [-0.39, 0.29) is 11.8 Å². The minimum Gasteiger partial charge on any atom is -0.361 e. The first kappa shape index (κ1) is 17.8. The number of anilines is 1. The number of fused-ring (bicyclic) bond motifs is 1. The molecule has 1 aliphatic carbocycles. The molecular weight excluding hydrogens is 336 g/mol. The SMILES string of the molecule is CCC(CC(=O)Nc1ccnn1C1CCCCC1)c1c[nH]c2ccccc12. The third-order valence-corrected chi connectivity index (χ3v) is 5.84. The van der Waals surface area contributed by atoms with Crippen molar-refractivity contribution in [1.29, 1.82) is 0 Å². The van der Waals surface area contributed by atoms with E-state index in [1.165, 1.54) is 30.2 Å². The fourth-order valence-corrected chi connectivity index (χ4v) is 4.35. The molecule has 5 heteroatoms. The zero-order valence-electron chi connectivity index (χ0n) is 15.9. The lowest BCUT2D eigenvalue weighted by molar-refractivity contribution is -0.116. The zero-order chi connectivity index (χ0) is 18.6. The van der Waals surface area contributed by atoms with Crippen molar-refractivity contribution in [2.75, 3.05) is 5.32 Å². The minimum absolute atomic E-state index is 0.0599. The van der Waals surface area contributed by atoms with E-state index in [0.29, 0.717) is 12.5 Å². The van der Waals surface area contributed by atoms with Crippen LogP contribution in [0.3, 0.4) is 0 Å². The number of aromatic amines is 1. The Hall–Kier alpha value is -2.56. The van der Waals surface area contributed by atoms with Crippen LogP contribution in [0.4, 0.5) is 5.82 Å². The van der Waals surface area contributed by atoms with Crippen molar-refractivity contribution in [3.05, 3.63) is 48.3 Å². The Kier molecular flexibility index (Phi) is 5.28. The van der Waals surface area contributed by atoms with Gasteiger partial charge in [-0.15, -0.1) is 0 Å². The van der Waals surface area contributed by atoms with Crippen molar-refractivity contribution in [3.63, 3.8) is 0 Å². The highest BCUT2D eigenvalue weighted by Crippen LogP contribution is 2.32. The van der Waals surface area contributed by atoms with Crippen LogP contribution in [-0.4, -0.2) is 20.7 Å². The molecule has 3 aromatic rings. The molecule has 2 N–H and O–H groups in total. The van der Waals surface area contributed by atoms with Crippen LogP contribution in [0.5, 0.6) is 0 Å². The van der Waals surface area contributed by atoms with Crippen molar-refractivity contribution in [1.82, 2.24) is 14.8 Å². The number of para-hydroxylation sites is 1. The van der Waals surface area contributed by atoms with E-state index in [2.05, 4.69) is 46.7 Å². The summed E-state index contributed by atoms with van der Waals surface area (Å²) in [4.78, 5) is 16.1. The highest BCUT2D eigenvalue weighted by molar-refractivity contribution is 5.91. The van der Waals surface area contributed by atoms with Crippen molar-refractivity contribution in [2.24, 2.45) is 0 Å². The molecular formula is C22H28N4O. The van der Waals surface area contributed by atoms with E-state index in [1.54, 1.807) is 6.20 Å². The molecule has 0 saturated heterocycles. The second kappa shape index (κ2) is 7.99. The summed E-state index contributed by atoms with van der Waals surface area (Å²) in [6.07, 6.45) is 11.4. The van der Waals surface area contributed by atoms with Crippen LogP contribution in [0.1, 0.15) is 69.4 Å². The molecule has 0 bridgehead atoms. The molecule has 27 heavy (non-hydrogen) atoms. The molecule has 1 aromatic carbocycles. The zero-order valence-corrected chi connectivity index (χ0v) is 15.9. The van der Waals surface area contributed by atoms with Gasteiger partial charge in [-0.05, 0) is 36.8 Å². The summed E-state index contributed by atoms with van der Waals surface area (Å²) in [7, 11) is 0. The molecule has 2 aromatic heterocycles. The topological polar surface area (TPSA) is 62.7 Å². The molecule has 0 aliphatic heterocycles. The second-order valence-corrected chi connectivity index (χ2v) is 7.60. The Labute approximate surface area is 160 Å². The molecule has 5 nitrogen and oxygen atoms in total. The van der Waals surface area contributed by atoms with Gasteiger partial charge < -0.3 is 10.3 Å². The Bertz CT molecular complexity index is 904. The normalized spacial score (nSPS) is 16.5. The molecule has 1 aliphatic rings. The molecule has 0 spiro atoms. The molecule has 4 rings (SSSR count). The molecule has 1 fully saturated rings. The van der Waals surface area contributed by atoms with E-state index < -0.39 is 0 Å². The van der Waals surface area contributed by atoms with Gasteiger partial charge in [0.05, 0.1) is 12.2 Å². The van der Waals surface area contributed by atoms with Gasteiger partial charge in [-0.2, -0.15) is 5.10 Å². The standard InChI is InChI=1S/C22H28N4O/c1-2-16(19-15-23-20-11-7-6-10-18(19)20)14-22(27)25-21-12-13-24-26(21)17-8-4-3-5-9-17/h6-7,10-13,15-17,23H,2-5,8-9,14H2,1H3,(H,25,27). The fourth-order valence-electron chi connectivity index (χ4n) is 4.35. The number of hydrogen-bond donors (Lipinski definition) is 2. The quantitative estimate of drug-likeness (QED) is 0.616. The minimum atomic E-state index is 0.0599. The van der Waals surface area contributed by atoms with Crippen molar-refractivity contribution < 1.29 is 4.79 Å². The summed E-state index contributed by atoms with van der Waals surface area (Å²) in [5, 5.41) is 8.81. The summed E-state index contributed by atoms with van der Waals surface area (Å²) in [5.74, 6) is 1.09. The predicted molar refractivity (Wildman–Crippen MR) is 109 cm³/mol. The largest absolute Gasteiger partial charge is 0.361 e. The lowest BCUT2D eigenvalue weighted by Crippen LogP contribution is -2.21. The summed E-state index contributed by atoms with van der Waals surface area (Å²) in [5.41, 5.74) is 2.35. The Balaban J connectivity index is 1.46. The van der Waals surface area contributed by atoms with E-state index in [9.17, 15) is 4.79 Å². The van der Waals surface area contributed by atoms with Gasteiger partial charge in [-0.3, -0.25) is 4.79 Å². The first-order chi connectivity index (χ1) is 13.3. The maximum atomic E-state index is 12.8. The fraction of sp³-hybridized carbons (Fsp3) is 0.455. The summed E-state index contributed by atoms with van der Waals surface area (Å²) in [6, 6.07) is 10.6. The van der Waals surface area contributed by atoms with E-state index in [4.69, 9.17) is 0 Å². The van der Waals surface area contributed by atoms with Gasteiger partial charge >= 0.3 is 0 Å². The predicted octanol–water partition coefficient (Wildman–Crippen LogP) is 5.39. The van der Waals surface area contributed by atoms with Crippen LogP contribution in [0.15, 0.2) is 42.7 Å². The first-order valence-electron chi connectivity index (χ1n) is 10.2. The van der Waals surface area contributed by atoms with E-state index in [0.717, 1.165) is 30.6 Å². The Morgan fingerprint density at radius 3 is 2.89 bits per heavy atom. The van der Waals surface area contributed by atoms with Crippen LogP contribution in [0.2, 0.25) is 0 Å². The average molecular weight is 364 g/mol. The molecule has 142 valence electrons. The number of amides is 1. The van der Waals surface area contributed by atoms with Gasteiger partial charge in [0.2, 0.25) is 5.91 Å². The molecule has 1 amide bonds. The van der Waals surface area contributed by atoms with Gasteiger partial charge in [0.1, 0.15) is 5.82 Å². The number of nitrogens with zero attached hydrogens (tertiary/aromatic N) is 2. The highest BCUT2D eigenvalue weighted by atomic mass is 16.1. The van der Waals surface area contributed by atoms with Crippen LogP contribution < -0.4 is 5.32 Å². The van der Waals surface area contributed by atoms with Crippen molar-refractivity contribution >= 4 is 22.6 Å². The maximum absolute atomic E-state index is 12.8. The second-order valence-electron chi connectivity index (χ2n) is 7.60.